The molecule has 1 atom stereocenters. The number of non-ortho nitro benzene ring substituents is 1. The molecular formula is C101H68BrNO16S7. The molecule has 0 saturated heterocycles. The first-order valence-corrected chi connectivity index (χ1v) is 45.8. The number of ether oxygens (including phenoxy) is 1. The average molecular weight is 1860 g/mol. The van der Waals surface area contributed by atoms with Crippen molar-refractivity contribution in [3.8, 4) is 16.9 Å². The van der Waals surface area contributed by atoms with Crippen molar-refractivity contribution in [1.29, 1.82) is 0 Å². The number of nitro benzene ring substituents is 1. The zero-order chi connectivity index (χ0) is 88.4. The second-order valence-electron chi connectivity index (χ2n) is 29.0. The summed E-state index contributed by atoms with van der Waals surface area (Å²) in [6.45, 7) is 1.56. The molecule has 0 spiro atoms. The number of rotatable bonds is 17. The normalized spacial score (nSPS) is 11.7. The van der Waals surface area contributed by atoms with Crippen LogP contribution in [0.4, 0.5) is 5.69 Å². The van der Waals surface area contributed by atoms with E-state index in [1.165, 1.54) is 40.3 Å². The molecule has 622 valence electrons. The van der Waals surface area contributed by atoms with E-state index in [4.69, 9.17) is 14.9 Å². The lowest BCUT2D eigenvalue weighted by Crippen LogP contribution is -1.96. The number of hydrogen-bond acceptors (Lipinski definition) is 20. The second kappa shape index (κ2) is 39.2. The van der Waals surface area contributed by atoms with Crippen molar-refractivity contribution in [3.05, 3.63) is 331 Å². The lowest BCUT2D eigenvalue weighted by Gasteiger charge is -2.02. The van der Waals surface area contributed by atoms with Crippen LogP contribution in [0.15, 0.2) is 275 Å². The molecule has 1 aliphatic heterocycles. The van der Waals surface area contributed by atoms with Crippen molar-refractivity contribution < 1.29 is 72.0 Å². The van der Waals surface area contributed by atoms with Gasteiger partial charge in [0.25, 0.3) is 5.69 Å². The number of fused-ring (bicyclic) bond motifs is 21. The highest BCUT2D eigenvalue weighted by atomic mass is 79.9. The van der Waals surface area contributed by atoms with E-state index in [0.29, 0.717) is 51.8 Å². The Bertz CT molecular complexity index is 7690. The average Bonchev–Trinajstić information content (AvgIpc) is 1.22. The number of nitrogens with zero attached hydrogens (tertiary/aromatic N) is 1. The molecule has 7 heterocycles. The number of aldehydes is 7. The molecule has 0 fully saturated rings. The molecule has 0 radical (unpaired) electrons. The molecule has 25 heteroatoms. The number of carbonyl (C=O) groups is 10. The minimum Gasteiger partial charge on any atom is -0.495 e. The van der Waals surface area contributed by atoms with Gasteiger partial charge in [-0.3, -0.25) is 58.1 Å². The number of carboxylic acids is 2. The van der Waals surface area contributed by atoms with E-state index in [0.717, 1.165) is 185 Å². The van der Waals surface area contributed by atoms with Crippen LogP contribution in [-0.2, 0) is 33.2 Å². The Hall–Kier alpha value is -13.5. The van der Waals surface area contributed by atoms with Crippen molar-refractivity contribution in [2.45, 2.75) is 48.8 Å². The van der Waals surface area contributed by atoms with Gasteiger partial charge in [-0.2, -0.15) is 0 Å². The molecule has 0 aliphatic carbocycles. The maximum atomic E-state index is 12.1. The summed E-state index contributed by atoms with van der Waals surface area (Å²) < 4.78 is 32.2. The van der Waals surface area contributed by atoms with E-state index in [-0.39, 0.29) is 24.3 Å². The van der Waals surface area contributed by atoms with Crippen molar-refractivity contribution in [3.63, 3.8) is 0 Å². The van der Waals surface area contributed by atoms with Gasteiger partial charge in [-0.15, -0.1) is 68.0 Å². The van der Waals surface area contributed by atoms with Gasteiger partial charge < -0.3 is 14.9 Å². The number of benzene rings is 14. The van der Waals surface area contributed by atoms with Gasteiger partial charge in [0.15, 0.2) is 5.78 Å². The lowest BCUT2D eigenvalue weighted by atomic mass is 10.0. The molecule has 126 heavy (non-hydrogen) atoms. The number of thiophene rings is 6. The molecule has 14 aromatic carbocycles. The third-order valence-electron chi connectivity index (χ3n) is 20.9. The van der Waals surface area contributed by atoms with Gasteiger partial charge in [-0.1, -0.05) is 101 Å². The SMILES string of the molecule is CC(=O)c1ccc2sc3ccc(C=O)cc3c2c1.COc1cc(C=O)cc2c1sc1ccccc12.O=Cc1ccc2c(c1)-c1ccccc1S2=O.O=Cc1ccc2sc3ccc(Br)cc3c2c1.O=Cc1ccc2sc3ccc(CCC(=O)O)cc3c2c1.O=Cc1ccc2sc3ccc(CCCC(=O)O)cc3c2c1.O=Cc1ccc2sc3ccc([N+](=O)[O-])cc3c2c1. The maximum Gasteiger partial charge on any atom is 0.303 e. The Kier molecular flexibility index (Phi) is 27.2. The Morgan fingerprint density at radius 2 is 0.746 bits per heavy atom. The molecule has 0 bridgehead atoms. The molecule has 20 aromatic rings. The first-order valence-electron chi connectivity index (χ1n) is 39.0. The highest BCUT2D eigenvalue weighted by molar-refractivity contribution is 9.10. The van der Waals surface area contributed by atoms with E-state index in [1.54, 1.807) is 131 Å². The Balaban J connectivity index is 0.000000114. The van der Waals surface area contributed by atoms with Gasteiger partial charge in [0.1, 0.15) is 49.8 Å². The third kappa shape index (κ3) is 19.2. The summed E-state index contributed by atoms with van der Waals surface area (Å²) in [6.07, 6.45) is 8.13. The number of Topliss-reactive ketones (excluding diaryl/α,β-unsaturated/α-hetero) is 1. The van der Waals surface area contributed by atoms with Crippen LogP contribution in [0.2, 0.25) is 0 Å². The topological polar surface area (TPSA) is 281 Å². The molecule has 6 aromatic heterocycles. The standard InChI is InChI=1S/C17H14O3S.C16H12O3S.C15H10O2S.C14H10O2S.C13H7BrOS.C13H7NO3S.C13H8O2S/c18-10-12-5-7-16-14(9-12)13-8-11(2-1-3-17(19)20)4-6-15(13)21-16;17-9-11-2-5-15-13(8-11)12-7-10(3-6-16(18)19)1-4-14(12)20-15;1-9(17)11-3-5-15-13(7-11)12-6-10(8-16)2-4-14(12)18-15;1-16-12-7-9(8-15)6-11-10-4-2-3-5-13(10)17-14(11)12;14-9-2-4-13-11(6-9)10-5-8(7-15)1-3-12(10)16-13;15-7-8-1-3-12-10(5-8)11-6-9(14(16)17)2-4-13(11)18-12;14-8-9-5-6-13-11(7-9)10-3-1-2-4-12(10)16(13)15/h4-10H,1-3H2,(H,19,20);1-2,4-5,7-9H,3,6H2,(H,18,19);2-8H,1H3;2-8H,1H3;1-7H;1-7H;1-8H. The molecule has 0 amide bonds. The number of aliphatic carboxylic acids is 2. The highest BCUT2D eigenvalue weighted by Gasteiger charge is 2.26. The van der Waals surface area contributed by atoms with Crippen molar-refractivity contribution in [1.82, 2.24) is 0 Å². The van der Waals surface area contributed by atoms with E-state index in [2.05, 4.69) is 58.4 Å². The number of nitro groups is 1. The van der Waals surface area contributed by atoms with Crippen molar-refractivity contribution >= 4 is 283 Å². The van der Waals surface area contributed by atoms with Gasteiger partial charge >= 0.3 is 11.9 Å². The predicted octanol–water partition coefficient (Wildman–Crippen LogP) is 27.2. The van der Waals surface area contributed by atoms with Gasteiger partial charge in [0, 0.05) is 196 Å². The summed E-state index contributed by atoms with van der Waals surface area (Å²) in [5, 5.41) is 41.1. The van der Waals surface area contributed by atoms with Crippen molar-refractivity contribution in [2.24, 2.45) is 0 Å². The lowest BCUT2D eigenvalue weighted by molar-refractivity contribution is -0.384. The number of halogens is 1. The van der Waals surface area contributed by atoms with E-state index in [9.17, 15) is 62.3 Å². The third-order valence-corrected chi connectivity index (χ3v) is 29.8. The summed E-state index contributed by atoms with van der Waals surface area (Å²) >= 11 is 13.5. The van der Waals surface area contributed by atoms with Crippen LogP contribution >= 0.6 is 84.0 Å². The van der Waals surface area contributed by atoms with Gasteiger partial charge in [0.05, 0.1) is 37.3 Å². The minimum absolute atomic E-state index is 0.0581. The quantitative estimate of drug-likeness (QED) is 0.0371. The molecule has 0 saturated carbocycles. The van der Waals surface area contributed by atoms with Gasteiger partial charge in [-0.25, -0.2) is 4.21 Å². The van der Waals surface area contributed by atoms with Crippen LogP contribution in [0.3, 0.4) is 0 Å². The van der Waals surface area contributed by atoms with E-state index in [1.807, 2.05) is 164 Å². The fraction of sp³-hybridized carbons (Fsp3) is 0.0693. The maximum absolute atomic E-state index is 12.1. The number of ketones is 1. The van der Waals surface area contributed by atoms with E-state index < -0.39 is 27.7 Å². The van der Waals surface area contributed by atoms with Gasteiger partial charge in [0.2, 0.25) is 0 Å². The van der Waals surface area contributed by atoms with Gasteiger partial charge in [-0.05, 0) is 207 Å². The summed E-state index contributed by atoms with van der Waals surface area (Å²) in [6, 6.07) is 82.1. The number of carboxylic acid groups (broad SMARTS) is 2. The fourth-order valence-electron chi connectivity index (χ4n) is 14.7. The molecule has 17 nitrogen and oxygen atoms in total. The first-order chi connectivity index (χ1) is 61.1. The second-order valence-corrected chi connectivity index (χ2v) is 37.8. The summed E-state index contributed by atoms with van der Waals surface area (Å²) in [5.41, 5.74) is 9.39. The van der Waals surface area contributed by atoms with Crippen LogP contribution < -0.4 is 4.74 Å². The zero-order valence-corrected chi connectivity index (χ0v) is 74.0. The number of hydrogen-bond donors (Lipinski definition) is 2. The minimum atomic E-state index is -1.10. The molecule has 1 unspecified atom stereocenters. The van der Waals surface area contributed by atoms with Crippen LogP contribution in [-0.4, -0.2) is 88.2 Å². The van der Waals surface area contributed by atoms with Crippen molar-refractivity contribution in [2.75, 3.05) is 7.11 Å². The highest BCUT2D eigenvalue weighted by Crippen LogP contribution is 2.45. The first kappa shape index (κ1) is 87.4. The number of methoxy groups -OCH3 is 1. The molecule has 21 rings (SSSR count). The van der Waals surface area contributed by atoms with E-state index >= 15 is 0 Å². The van der Waals surface area contributed by atoms with Crippen LogP contribution in [0, 0.1) is 10.1 Å². The summed E-state index contributed by atoms with van der Waals surface area (Å²) in [4.78, 5) is 120. The largest absolute Gasteiger partial charge is 0.495 e. The monoisotopic (exact) mass is 1850 g/mol. The Morgan fingerprint density at radius 3 is 1.21 bits per heavy atom. The number of aryl methyl sites for hydroxylation is 2. The molecule has 1 aliphatic rings. The number of carbonyl (C=O) groups excluding carboxylic acids is 8. The predicted molar refractivity (Wildman–Crippen MR) is 518 cm³/mol. The van der Waals surface area contributed by atoms with Crippen LogP contribution in [0.5, 0.6) is 5.75 Å². The summed E-state index contributed by atoms with van der Waals surface area (Å²) in [5.74, 6) is -0.718. The van der Waals surface area contributed by atoms with Crippen LogP contribution in [0.25, 0.3) is 132 Å². The summed E-state index contributed by atoms with van der Waals surface area (Å²) in [7, 11) is 0.534. The molecular weight excluding hydrogens is 1790 g/mol. The smallest absolute Gasteiger partial charge is 0.303 e. The Labute approximate surface area is 752 Å². The fourth-order valence-corrected chi connectivity index (χ4v) is 23.0. The molecule has 2 N–H and O–H groups in total. The zero-order valence-electron chi connectivity index (χ0n) is 66.7. The Morgan fingerprint density at radius 1 is 0.373 bits per heavy atom. The van der Waals surface area contributed by atoms with Crippen LogP contribution in [0.1, 0.15) is 120 Å².